The Bertz CT molecular complexity index is 1080. The molecule has 0 saturated carbocycles. The van der Waals surface area contributed by atoms with Crippen LogP contribution >= 0.6 is 11.6 Å². The summed E-state index contributed by atoms with van der Waals surface area (Å²) in [6.07, 6.45) is 1.59. The molecule has 2 aromatic carbocycles. The normalized spacial score (nSPS) is 20.4. The lowest BCUT2D eigenvalue weighted by molar-refractivity contribution is -0.908. The Kier molecular flexibility index (Phi) is 8.44. The monoisotopic (exact) mass is 498 g/mol. The zero-order valence-corrected chi connectivity index (χ0v) is 20.7. The quantitative estimate of drug-likeness (QED) is 0.323. The van der Waals surface area contributed by atoms with Crippen LogP contribution in [0.4, 0.5) is 0 Å². The van der Waals surface area contributed by atoms with Crippen LogP contribution in [0, 0.1) is 0 Å². The van der Waals surface area contributed by atoms with Gasteiger partial charge >= 0.3 is 0 Å². The third-order valence-electron chi connectivity index (χ3n) is 6.41. The van der Waals surface area contributed by atoms with Gasteiger partial charge in [0, 0.05) is 23.6 Å². The molecule has 0 aromatic heterocycles. The van der Waals surface area contributed by atoms with Crippen LogP contribution in [0.2, 0.25) is 5.02 Å². The number of ether oxygens (including phenoxy) is 2. The summed E-state index contributed by atoms with van der Waals surface area (Å²) in [6, 6.07) is 12.9. The number of rotatable bonds is 9. The van der Waals surface area contributed by atoms with Crippen molar-refractivity contribution in [1.29, 1.82) is 0 Å². The summed E-state index contributed by atoms with van der Waals surface area (Å²) >= 11 is 6.24. The third-order valence-corrected chi connectivity index (χ3v) is 6.65. The summed E-state index contributed by atoms with van der Waals surface area (Å²) in [4.78, 5) is 29.2. The van der Waals surface area contributed by atoms with Crippen molar-refractivity contribution in [2.75, 3.05) is 46.0 Å². The Morgan fingerprint density at radius 3 is 2.60 bits per heavy atom. The average molecular weight is 499 g/mol. The maximum absolute atomic E-state index is 13.5. The van der Waals surface area contributed by atoms with E-state index in [1.807, 2.05) is 6.92 Å². The van der Waals surface area contributed by atoms with Gasteiger partial charge in [0.15, 0.2) is 0 Å². The van der Waals surface area contributed by atoms with Gasteiger partial charge in [0.05, 0.1) is 32.4 Å². The second kappa shape index (κ2) is 11.7. The molecule has 186 valence electrons. The number of carbonyl (C=O) groups is 2. The van der Waals surface area contributed by atoms with E-state index in [2.05, 4.69) is 0 Å². The van der Waals surface area contributed by atoms with E-state index in [4.69, 9.17) is 21.1 Å². The Hall–Kier alpha value is -2.87. The van der Waals surface area contributed by atoms with Crippen molar-refractivity contribution in [1.82, 2.24) is 4.90 Å². The fourth-order valence-electron chi connectivity index (χ4n) is 4.61. The molecule has 2 aliphatic heterocycles. The van der Waals surface area contributed by atoms with E-state index in [0.29, 0.717) is 35.1 Å². The molecule has 2 aromatic rings. The number of hydrogen-bond acceptors (Lipinski definition) is 5. The minimum atomic E-state index is -0.767. The first-order valence-electron chi connectivity index (χ1n) is 12.2. The molecule has 1 amide bonds. The highest BCUT2D eigenvalue weighted by Gasteiger charge is 2.44. The molecule has 2 aliphatic rings. The molecule has 2 heterocycles. The Labute approximate surface area is 210 Å². The maximum Gasteiger partial charge on any atom is 0.295 e. The largest absolute Gasteiger partial charge is 0.872 e. The number of benzene rings is 2. The van der Waals surface area contributed by atoms with Crippen molar-refractivity contribution in [2.45, 2.75) is 25.8 Å². The third kappa shape index (κ3) is 5.86. The highest BCUT2D eigenvalue weighted by atomic mass is 35.5. The summed E-state index contributed by atoms with van der Waals surface area (Å²) in [7, 11) is 0. The Morgan fingerprint density at radius 2 is 1.91 bits per heavy atom. The van der Waals surface area contributed by atoms with Crippen molar-refractivity contribution in [3.63, 3.8) is 0 Å². The van der Waals surface area contributed by atoms with Crippen molar-refractivity contribution >= 4 is 29.1 Å². The standard InChI is InChI=1S/C27H31ClN2O5/c1-2-15-35-22-9-7-19(8-10-22)25(31)23-24(20-5-3-6-21(28)18-20)30(27(33)26(23)32)12-4-11-29-13-16-34-17-14-29/h3,5-10,18,24,31H,2,4,11-17H2,1H3. The number of morpholine rings is 1. The molecule has 0 radical (unpaired) electrons. The van der Waals surface area contributed by atoms with E-state index in [1.54, 1.807) is 48.5 Å². The van der Waals surface area contributed by atoms with Crippen LogP contribution in [0.1, 0.15) is 36.9 Å². The van der Waals surface area contributed by atoms with Crippen molar-refractivity contribution in [2.24, 2.45) is 0 Å². The second-order valence-corrected chi connectivity index (χ2v) is 9.30. The molecular weight excluding hydrogens is 468 g/mol. The van der Waals surface area contributed by atoms with Crippen molar-refractivity contribution in [3.8, 4) is 5.75 Å². The summed E-state index contributed by atoms with van der Waals surface area (Å²) in [5.74, 6) is -1.18. The minimum Gasteiger partial charge on any atom is -0.872 e. The minimum absolute atomic E-state index is 0.0294. The molecule has 1 unspecified atom stereocenters. The van der Waals surface area contributed by atoms with Crippen LogP contribution in [0.25, 0.3) is 5.76 Å². The maximum atomic E-state index is 13.5. The summed E-state index contributed by atoms with van der Waals surface area (Å²) in [5, 5.41) is 14.0. The van der Waals surface area contributed by atoms with Crippen LogP contribution in [0.3, 0.4) is 0 Å². The second-order valence-electron chi connectivity index (χ2n) is 8.87. The lowest BCUT2D eigenvalue weighted by atomic mass is 9.95. The van der Waals surface area contributed by atoms with Gasteiger partial charge in [-0.25, -0.2) is 0 Å². The molecule has 0 aliphatic carbocycles. The molecule has 1 atom stereocenters. The molecule has 2 fully saturated rings. The predicted molar refractivity (Wildman–Crippen MR) is 131 cm³/mol. The number of halogens is 1. The number of nitrogens with zero attached hydrogens (tertiary/aromatic N) is 1. The summed E-state index contributed by atoms with van der Waals surface area (Å²) in [5.41, 5.74) is 0.969. The molecule has 1 N–H and O–H groups in total. The van der Waals surface area contributed by atoms with Crippen LogP contribution in [0.5, 0.6) is 5.75 Å². The molecule has 0 spiro atoms. The first-order chi connectivity index (χ1) is 17.0. The Balaban J connectivity index is 1.63. The van der Waals surface area contributed by atoms with Crippen molar-refractivity contribution in [3.05, 3.63) is 70.3 Å². The predicted octanol–water partition coefficient (Wildman–Crippen LogP) is 1.66. The lowest BCUT2D eigenvalue weighted by Crippen LogP contribution is -3.14. The first kappa shape index (κ1) is 25.2. The molecular formula is C27H31ClN2O5. The Morgan fingerprint density at radius 1 is 1.17 bits per heavy atom. The number of carbonyl (C=O) groups excluding carboxylic acids is 2. The first-order valence-corrected chi connectivity index (χ1v) is 12.5. The van der Waals surface area contributed by atoms with Crippen LogP contribution < -0.4 is 14.7 Å². The molecule has 8 heteroatoms. The van der Waals surface area contributed by atoms with Gasteiger partial charge in [-0.2, -0.15) is 0 Å². The van der Waals surface area contributed by atoms with Crippen LogP contribution in [0.15, 0.2) is 54.1 Å². The molecule has 2 saturated heterocycles. The smallest absolute Gasteiger partial charge is 0.295 e. The number of likely N-dealkylation sites (tertiary alicyclic amines) is 1. The van der Waals surface area contributed by atoms with Gasteiger partial charge in [-0.05, 0) is 41.8 Å². The number of ketones is 1. The molecule has 35 heavy (non-hydrogen) atoms. The van der Waals surface area contributed by atoms with Gasteiger partial charge in [0.2, 0.25) is 5.78 Å². The van der Waals surface area contributed by atoms with E-state index in [1.165, 1.54) is 9.80 Å². The number of amides is 1. The van der Waals surface area contributed by atoms with Crippen molar-refractivity contribution < 1.29 is 29.1 Å². The van der Waals surface area contributed by atoms with E-state index >= 15 is 0 Å². The van der Waals surface area contributed by atoms with Gasteiger partial charge in [0.1, 0.15) is 18.8 Å². The van der Waals surface area contributed by atoms with Gasteiger partial charge < -0.3 is 24.4 Å². The summed E-state index contributed by atoms with van der Waals surface area (Å²) in [6.45, 7) is 7.17. The average Bonchev–Trinajstić information content (AvgIpc) is 3.13. The number of quaternary nitrogens is 1. The fraction of sp³-hybridized carbons (Fsp3) is 0.407. The number of nitrogens with one attached hydrogen (secondary N) is 1. The lowest BCUT2D eigenvalue weighted by Gasteiger charge is -2.29. The fourth-order valence-corrected chi connectivity index (χ4v) is 4.81. The van der Waals surface area contributed by atoms with Gasteiger partial charge in [-0.1, -0.05) is 48.5 Å². The van der Waals surface area contributed by atoms with E-state index in [9.17, 15) is 14.7 Å². The topological polar surface area (TPSA) is 83.3 Å². The zero-order chi connectivity index (χ0) is 24.8. The van der Waals surface area contributed by atoms with E-state index < -0.39 is 23.5 Å². The van der Waals surface area contributed by atoms with Gasteiger partial charge in [-0.3, -0.25) is 9.59 Å². The SMILES string of the molecule is CCCOc1ccc(C([O-])=C2C(=O)C(=O)N(CCC[NH+]3CCOCC3)C2c2cccc(Cl)c2)cc1. The van der Waals surface area contributed by atoms with Gasteiger partial charge in [-0.15, -0.1) is 0 Å². The highest BCUT2D eigenvalue weighted by Crippen LogP contribution is 2.39. The van der Waals surface area contributed by atoms with E-state index in [0.717, 1.165) is 45.7 Å². The van der Waals surface area contributed by atoms with Crippen LogP contribution in [-0.4, -0.2) is 62.6 Å². The molecule has 4 rings (SSSR count). The number of hydrogen-bond donors (Lipinski definition) is 1. The zero-order valence-electron chi connectivity index (χ0n) is 19.9. The van der Waals surface area contributed by atoms with Crippen LogP contribution in [-0.2, 0) is 14.3 Å². The highest BCUT2D eigenvalue weighted by molar-refractivity contribution is 6.46. The van der Waals surface area contributed by atoms with Gasteiger partial charge in [0.25, 0.3) is 5.91 Å². The molecule has 0 bridgehead atoms. The summed E-state index contributed by atoms with van der Waals surface area (Å²) < 4.78 is 11.0. The number of Topliss-reactive ketones (excluding diaryl/α,β-unsaturated/α-hetero) is 1. The van der Waals surface area contributed by atoms with E-state index in [-0.39, 0.29) is 5.57 Å². The molecule has 7 nitrogen and oxygen atoms in total.